The molecule has 4 rings (SSSR count). The van der Waals surface area contributed by atoms with Crippen LogP contribution in [0.1, 0.15) is 0 Å². The molecule has 6 nitrogen and oxygen atoms in total. The smallest absolute Gasteiger partial charge is 0.224 e. The highest BCUT2D eigenvalue weighted by Crippen LogP contribution is 2.29. The number of thiophene rings is 1. The van der Waals surface area contributed by atoms with Gasteiger partial charge in [0.05, 0.1) is 16.8 Å². The van der Waals surface area contributed by atoms with Crippen molar-refractivity contribution in [2.24, 2.45) is 5.14 Å². The molecular formula is C16H12N4O2S2. The van der Waals surface area contributed by atoms with E-state index in [0.29, 0.717) is 10.6 Å². The quantitative estimate of drug-likeness (QED) is 0.611. The number of primary sulfonamides is 1. The summed E-state index contributed by atoms with van der Waals surface area (Å²) in [6.45, 7) is 0. The fourth-order valence-electron chi connectivity index (χ4n) is 2.51. The average Bonchev–Trinajstić information content (AvgIpc) is 3.23. The summed E-state index contributed by atoms with van der Waals surface area (Å²) < 4.78 is 24.6. The van der Waals surface area contributed by atoms with Gasteiger partial charge in [-0.2, -0.15) is 0 Å². The molecule has 2 N–H and O–H groups in total. The fourth-order valence-corrected chi connectivity index (χ4v) is 4.19. The van der Waals surface area contributed by atoms with Crippen LogP contribution in [-0.2, 0) is 10.0 Å². The van der Waals surface area contributed by atoms with Crippen LogP contribution in [0.5, 0.6) is 0 Å². The summed E-state index contributed by atoms with van der Waals surface area (Å²) >= 11 is 1.08. The molecule has 0 aliphatic rings. The molecule has 0 unspecified atom stereocenters. The molecule has 0 saturated heterocycles. The normalized spacial score (nSPS) is 11.9. The Morgan fingerprint density at radius 3 is 2.58 bits per heavy atom. The van der Waals surface area contributed by atoms with E-state index in [1.165, 1.54) is 6.07 Å². The van der Waals surface area contributed by atoms with E-state index in [0.717, 1.165) is 27.8 Å². The molecule has 0 fully saturated rings. The van der Waals surface area contributed by atoms with Crippen LogP contribution >= 0.6 is 11.3 Å². The van der Waals surface area contributed by atoms with Crippen LogP contribution in [0.15, 0.2) is 65.0 Å². The first-order chi connectivity index (χ1) is 11.5. The standard InChI is InChI=1S/C16H12N4O2S2/c17-24(21,22)16-9-8-15(23-16)13-10-20(19-18-13)14-7-3-5-11-4-1-2-6-12(11)14/h1-10H,(H2,17,21,22). The Balaban J connectivity index is 1.79. The van der Waals surface area contributed by atoms with Crippen molar-refractivity contribution < 1.29 is 8.42 Å². The van der Waals surface area contributed by atoms with Gasteiger partial charge in [0, 0.05) is 5.39 Å². The van der Waals surface area contributed by atoms with Gasteiger partial charge in [0.15, 0.2) is 0 Å². The fraction of sp³-hybridized carbons (Fsp3) is 0. The van der Waals surface area contributed by atoms with Crippen molar-refractivity contribution in [1.82, 2.24) is 15.0 Å². The van der Waals surface area contributed by atoms with Crippen LogP contribution in [0, 0.1) is 0 Å². The van der Waals surface area contributed by atoms with E-state index in [1.807, 2.05) is 42.5 Å². The number of fused-ring (bicyclic) bond motifs is 1. The average molecular weight is 356 g/mol. The lowest BCUT2D eigenvalue weighted by Crippen LogP contribution is -2.09. The second-order valence-corrected chi connectivity index (χ2v) is 8.08. The van der Waals surface area contributed by atoms with Gasteiger partial charge in [-0.25, -0.2) is 18.2 Å². The molecule has 0 spiro atoms. The summed E-state index contributed by atoms with van der Waals surface area (Å²) in [7, 11) is -3.70. The minimum absolute atomic E-state index is 0.109. The third-order valence-electron chi connectivity index (χ3n) is 3.62. The summed E-state index contributed by atoms with van der Waals surface area (Å²) in [6.07, 6.45) is 1.78. The topological polar surface area (TPSA) is 90.9 Å². The molecule has 120 valence electrons. The number of hydrogen-bond donors (Lipinski definition) is 1. The number of benzene rings is 2. The van der Waals surface area contributed by atoms with Gasteiger partial charge in [-0.05, 0) is 23.6 Å². The van der Waals surface area contributed by atoms with Crippen molar-refractivity contribution in [3.63, 3.8) is 0 Å². The Morgan fingerprint density at radius 1 is 1.00 bits per heavy atom. The zero-order valence-corrected chi connectivity index (χ0v) is 14.0. The minimum Gasteiger partial charge on any atom is -0.224 e. The summed E-state index contributed by atoms with van der Waals surface area (Å²) in [5, 5.41) is 15.7. The lowest BCUT2D eigenvalue weighted by atomic mass is 10.1. The molecule has 0 bridgehead atoms. The van der Waals surface area contributed by atoms with E-state index in [-0.39, 0.29) is 4.21 Å². The van der Waals surface area contributed by atoms with Crippen molar-refractivity contribution in [2.75, 3.05) is 0 Å². The molecule has 0 atom stereocenters. The summed E-state index contributed by atoms with van der Waals surface area (Å²) in [5.74, 6) is 0. The number of nitrogens with zero attached hydrogens (tertiary/aromatic N) is 3. The van der Waals surface area contributed by atoms with Crippen LogP contribution in [0.3, 0.4) is 0 Å². The van der Waals surface area contributed by atoms with Gasteiger partial charge in [-0.3, -0.25) is 0 Å². The van der Waals surface area contributed by atoms with Crippen LogP contribution in [0.2, 0.25) is 0 Å². The molecule has 0 radical (unpaired) electrons. The number of nitrogens with two attached hydrogens (primary N) is 1. The highest BCUT2D eigenvalue weighted by molar-refractivity contribution is 7.91. The third-order valence-corrected chi connectivity index (χ3v) is 6.17. The highest BCUT2D eigenvalue weighted by atomic mass is 32.2. The third kappa shape index (κ3) is 2.60. The molecule has 24 heavy (non-hydrogen) atoms. The molecule has 0 aliphatic heterocycles. The van der Waals surface area contributed by atoms with Crippen LogP contribution in [0.25, 0.3) is 27.0 Å². The van der Waals surface area contributed by atoms with Gasteiger partial charge in [-0.15, -0.1) is 16.4 Å². The molecule has 2 aromatic carbocycles. The van der Waals surface area contributed by atoms with Gasteiger partial charge in [0.25, 0.3) is 0 Å². The molecule has 2 aromatic heterocycles. The van der Waals surface area contributed by atoms with Gasteiger partial charge < -0.3 is 0 Å². The monoisotopic (exact) mass is 356 g/mol. The maximum atomic E-state index is 11.4. The largest absolute Gasteiger partial charge is 0.247 e. The first kappa shape index (κ1) is 15.0. The van der Waals surface area contributed by atoms with E-state index < -0.39 is 10.0 Å². The number of rotatable bonds is 3. The first-order valence-electron chi connectivity index (χ1n) is 7.06. The summed E-state index contributed by atoms with van der Waals surface area (Å²) in [6, 6.07) is 17.1. The van der Waals surface area contributed by atoms with Crippen LogP contribution in [-0.4, -0.2) is 23.4 Å². The first-order valence-corrected chi connectivity index (χ1v) is 9.42. The molecular weight excluding hydrogens is 344 g/mol. The Kier molecular flexibility index (Phi) is 3.45. The minimum atomic E-state index is -3.70. The highest BCUT2D eigenvalue weighted by Gasteiger charge is 2.14. The lowest BCUT2D eigenvalue weighted by Gasteiger charge is -2.04. The molecule has 0 saturated carbocycles. The Morgan fingerprint density at radius 2 is 1.79 bits per heavy atom. The molecule has 4 aromatic rings. The van der Waals surface area contributed by atoms with E-state index in [2.05, 4.69) is 10.3 Å². The Bertz CT molecular complexity index is 1140. The lowest BCUT2D eigenvalue weighted by molar-refractivity contribution is 0.600. The Hall–Kier alpha value is -2.55. The summed E-state index contributed by atoms with van der Waals surface area (Å²) in [5.41, 5.74) is 1.51. The molecule has 8 heteroatoms. The molecule has 0 amide bonds. The predicted octanol–water partition coefficient (Wildman–Crippen LogP) is 2.80. The van der Waals surface area contributed by atoms with Crippen LogP contribution in [0.4, 0.5) is 0 Å². The van der Waals surface area contributed by atoms with Crippen molar-refractivity contribution >= 4 is 32.1 Å². The van der Waals surface area contributed by atoms with E-state index in [9.17, 15) is 8.42 Å². The van der Waals surface area contributed by atoms with Crippen molar-refractivity contribution in [3.8, 4) is 16.3 Å². The SMILES string of the molecule is NS(=O)(=O)c1ccc(-c2cn(-c3cccc4ccccc34)nn2)s1. The van der Waals surface area contributed by atoms with E-state index in [4.69, 9.17) is 5.14 Å². The van der Waals surface area contributed by atoms with Gasteiger partial charge in [0.1, 0.15) is 9.90 Å². The van der Waals surface area contributed by atoms with Gasteiger partial charge in [0.2, 0.25) is 10.0 Å². The van der Waals surface area contributed by atoms with E-state index in [1.54, 1.807) is 16.9 Å². The second kappa shape index (κ2) is 5.52. The zero-order chi connectivity index (χ0) is 16.7. The number of aromatic nitrogens is 3. The van der Waals surface area contributed by atoms with Crippen molar-refractivity contribution in [1.29, 1.82) is 0 Å². The zero-order valence-electron chi connectivity index (χ0n) is 12.3. The van der Waals surface area contributed by atoms with Crippen molar-refractivity contribution in [2.45, 2.75) is 4.21 Å². The number of sulfonamides is 1. The van der Waals surface area contributed by atoms with Gasteiger partial charge >= 0.3 is 0 Å². The Labute approximate surface area is 142 Å². The van der Waals surface area contributed by atoms with Crippen LogP contribution < -0.4 is 5.14 Å². The van der Waals surface area contributed by atoms with Gasteiger partial charge in [-0.1, -0.05) is 41.6 Å². The second-order valence-electron chi connectivity index (χ2n) is 5.21. The molecule has 0 aliphatic carbocycles. The summed E-state index contributed by atoms with van der Waals surface area (Å²) in [4.78, 5) is 0.700. The van der Waals surface area contributed by atoms with E-state index >= 15 is 0 Å². The maximum absolute atomic E-state index is 11.4. The maximum Gasteiger partial charge on any atom is 0.247 e. The van der Waals surface area contributed by atoms with Crippen molar-refractivity contribution in [3.05, 3.63) is 60.8 Å². The predicted molar refractivity (Wildman–Crippen MR) is 93.6 cm³/mol. The molecule has 2 heterocycles. The number of hydrogen-bond acceptors (Lipinski definition) is 5.